The fourth-order valence-corrected chi connectivity index (χ4v) is 3.53. The average Bonchev–Trinajstić information content (AvgIpc) is 2.82. The molecule has 25 heavy (non-hydrogen) atoms. The van der Waals surface area contributed by atoms with E-state index >= 15 is 0 Å². The molecule has 2 aliphatic heterocycles. The standard InChI is InChI=1S/C19H25N3O2S/c1-13-6-5-7-14(12-13)15-16(25)21-19(20-15)8-10-22(11-9-19)17(23)24-18(2,3)4/h5-7,12H,8-11H2,1-4H3,(H,21,25). The van der Waals surface area contributed by atoms with E-state index in [2.05, 4.69) is 24.4 Å². The molecule has 1 N–H and O–H groups in total. The van der Waals surface area contributed by atoms with E-state index in [9.17, 15) is 4.79 Å². The zero-order valence-electron chi connectivity index (χ0n) is 15.3. The Balaban J connectivity index is 1.71. The molecule has 0 aliphatic carbocycles. The summed E-state index contributed by atoms with van der Waals surface area (Å²) in [5.41, 5.74) is 2.21. The molecule has 1 fully saturated rings. The molecule has 0 radical (unpaired) electrons. The van der Waals surface area contributed by atoms with Gasteiger partial charge in [0.05, 0.1) is 0 Å². The maximum atomic E-state index is 12.2. The normalized spacial score (nSPS) is 19.6. The Morgan fingerprint density at radius 2 is 2.00 bits per heavy atom. The minimum absolute atomic E-state index is 0.259. The first-order chi connectivity index (χ1) is 11.7. The van der Waals surface area contributed by atoms with Crippen molar-refractivity contribution in [1.29, 1.82) is 0 Å². The first-order valence-corrected chi connectivity index (χ1v) is 9.06. The highest BCUT2D eigenvalue weighted by Crippen LogP contribution is 2.30. The number of carbonyl (C=O) groups excluding carboxylic acids is 1. The Morgan fingerprint density at radius 1 is 1.32 bits per heavy atom. The summed E-state index contributed by atoms with van der Waals surface area (Å²) in [6.45, 7) is 8.91. The van der Waals surface area contributed by atoms with Gasteiger partial charge in [0.1, 0.15) is 22.0 Å². The van der Waals surface area contributed by atoms with Crippen LogP contribution in [-0.2, 0) is 4.74 Å². The molecule has 0 aromatic heterocycles. The van der Waals surface area contributed by atoms with E-state index in [1.165, 1.54) is 5.56 Å². The van der Waals surface area contributed by atoms with Crippen molar-refractivity contribution < 1.29 is 9.53 Å². The van der Waals surface area contributed by atoms with E-state index in [0.717, 1.165) is 24.1 Å². The molecule has 0 unspecified atom stereocenters. The number of aliphatic imine (C=N–C) groups is 1. The third-order valence-electron chi connectivity index (χ3n) is 4.42. The minimum Gasteiger partial charge on any atom is -0.444 e. The number of hydrogen-bond donors (Lipinski definition) is 1. The van der Waals surface area contributed by atoms with Crippen LogP contribution in [0.1, 0.15) is 44.7 Å². The average molecular weight is 359 g/mol. The highest BCUT2D eigenvalue weighted by Gasteiger charge is 2.42. The summed E-state index contributed by atoms with van der Waals surface area (Å²) in [6.07, 6.45) is 1.19. The van der Waals surface area contributed by atoms with Crippen molar-refractivity contribution in [2.45, 2.75) is 51.8 Å². The second kappa shape index (κ2) is 6.41. The van der Waals surface area contributed by atoms with E-state index < -0.39 is 11.3 Å². The molecule has 134 valence electrons. The largest absolute Gasteiger partial charge is 0.444 e. The maximum absolute atomic E-state index is 12.2. The van der Waals surface area contributed by atoms with Crippen LogP contribution in [-0.4, -0.2) is 46.0 Å². The summed E-state index contributed by atoms with van der Waals surface area (Å²) in [5, 5.41) is 3.39. The third-order valence-corrected chi connectivity index (χ3v) is 4.72. The van der Waals surface area contributed by atoms with Crippen LogP contribution in [0.25, 0.3) is 0 Å². The van der Waals surface area contributed by atoms with Crippen molar-refractivity contribution in [2.75, 3.05) is 13.1 Å². The fourth-order valence-electron chi connectivity index (χ4n) is 3.17. The molecule has 0 bridgehead atoms. The number of hydrogen-bond acceptors (Lipinski definition) is 4. The Morgan fingerprint density at radius 3 is 2.60 bits per heavy atom. The zero-order valence-corrected chi connectivity index (χ0v) is 16.1. The van der Waals surface area contributed by atoms with Crippen LogP contribution in [0.4, 0.5) is 4.79 Å². The summed E-state index contributed by atoms with van der Waals surface area (Å²) in [6, 6.07) is 8.22. The number of aryl methyl sites for hydroxylation is 1. The summed E-state index contributed by atoms with van der Waals surface area (Å²) < 4.78 is 5.46. The van der Waals surface area contributed by atoms with Crippen molar-refractivity contribution in [3.8, 4) is 0 Å². The predicted octanol–water partition coefficient (Wildman–Crippen LogP) is 3.44. The van der Waals surface area contributed by atoms with Gasteiger partial charge in [-0.3, -0.25) is 4.99 Å². The molecule has 1 spiro atoms. The molecule has 1 aromatic carbocycles. The number of ether oxygens (including phenoxy) is 1. The zero-order chi connectivity index (χ0) is 18.2. The van der Waals surface area contributed by atoms with Crippen LogP contribution < -0.4 is 5.32 Å². The molecule has 2 aliphatic rings. The van der Waals surface area contributed by atoms with Gasteiger partial charge in [-0.1, -0.05) is 36.0 Å². The lowest BCUT2D eigenvalue weighted by Crippen LogP contribution is -2.52. The monoisotopic (exact) mass is 359 g/mol. The van der Waals surface area contributed by atoms with Gasteiger partial charge in [0, 0.05) is 31.5 Å². The first kappa shape index (κ1) is 17.9. The van der Waals surface area contributed by atoms with Crippen LogP contribution in [0.2, 0.25) is 0 Å². The van der Waals surface area contributed by atoms with Crippen molar-refractivity contribution >= 4 is 29.0 Å². The van der Waals surface area contributed by atoms with Crippen LogP contribution in [0.3, 0.4) is 0 Å². The number of rotatable bonds is 1. The molecule has 3 rings (SSSR count). The topological polar surface area (TPSA) is 53.9 Å². The van der Waals surface area contributed by atoms with Crippen LogP contribution in [0.5, 0.6) is 0 Å². The Bertz CT molecular complexity index is 728. The van der Waals surface area contributed by atoms with Gasteiger partial charge in [-0.2, -0.15) is 0 Å². The summed E-state index contributed by atoms with van der Waals surface area (Å²) >= 11 is 5.52. The predicted molar refractivity (Wildman–Crippen MR) is 103 cm³/mol. The van der Waals surface area contributed by atoms with E-state index in [-0.39, 0.29) is 6.09 Å². The molecule has 1 amide bonds. The second-order valence-corrected chi connectivity index (χ2v) is 8.19. The Labute approximate surface area is 154 Å². The molecule has 1 aromatic rings. The van der Waals surface area contributed by atoms with Gasteiger partial charge in [0.25, 0.3) is 0 Å². The molecule has 1 saturated heterocycles. The molecule has 2 heterocycles. The molecule has 0 atom stereocenters. The van der Waals surface area contributed by atoms with Crippen LogP contribution in [0.15, 0.2) is 29.3 Å². The van der Waals surface area contributed by atoms with Crippen LogP contribution >= 0.6 is 12.2 Å². The lowest BCUT2D eigenvalue weighted by molar-refractivity contribution is 0.0165. The van der Waals surface area contributed by atoms with Gasteiger partial charge in [0.15, 0.2) is 0 Å². The molecular formula is C19H25N3O2S. The minimum atomic E-state index is -0.476. The van der Waals surface area contributed by atoms with Crippen molar-refractivity contribution in [2.24, 2.45) is 4.99 Å². The summed E-state index contributed by atoms with van der Waals surface area (Å²) in [5.74, 6) is 0. The van der Waals surface area contributed by atoms with Gasteiger partial charge in [-0.25, -0.2) is 4.79 Å². The van der Waals surface area contributed by atoms with E-state index in [1.807, 2.05) is 32.9 Å². The lowest BCUT2D eigenvalue weighted by Gasteiger charge is -2.38. The van der Waals surface area contributed by atoms with Gasteiger partial charge in [-0.15, -0.1) is 0 Å². The highest BCUT2D eigenvalue weighted by atomic mass is 32.1. The number of nitrogens with one attached hydrogen (secondary N) is 1. The van der Waals surface area contributed by atoms with Gasteiger partial charge < -0.3 is 15.0 Å². The molecule has 6 heteroatoms. The SMILES string of the molecule is Cc1cccc(C2=NC3(CCN(C(=O)OC(C)(C)C)CC3)NC2=S)c1. The smallest absolute Gasteiger partial charge is 0.410 e. The van der Waals surface area contributed by atoms with Crippen molar-refractivity contribution in [3.05, 3.63) is 35.4 Å². The number of nitrogens with zero attached hydrogens (tertiary/aromatic N) is 2. The van der Waals surface area contributed by atoms with Gasteiger partial charge in [0.2, 0.25) is 0 Å². The number of amides is 1. The Hall–Kier alpha value is -1.95. The van der Waals surface area contributed by atoms with E-state index in [1.54, 1.807) is 4.90 Å². The number of thiocarbonyl (C=S) groups is 1. The van der Waals surface area contributed by atoms with Gasteiger partial charge in [-0.05, 0) is 33.8 Å². The maximum Gasteiger partial charge on any atom is 0.410 e. The van der Waals surface area contributed by atoms with Crippen molar-refractivity contribution in [3.63, 3.8) is 0 Å². The molecule has 5 nitrogen and oxygen atoms in total. The van der Waals surface area contributed by atoms with Gasteiger partial charge >= 0.3 is 6.09 Å². The number of carbonyl (C=O) groups is 1. The summed E-state index contributed by atoms with van der Waals surface area (Å²) in [4.78, 5) is 19.6. The van der Waals surface area contributed by atoms with E-state index in [4.69, 9.17) is 21.9 Å². The fraction of sp³-hybridized carbons (Fsp3) is 0.526. The quantitative estimate of drug-likeness (QED) is 0.781. The first-order valence-electron chi connectivity index (χ1n) is 8.65. The van der Waals surface area contributed by atoms with E-state index in [0.29, 0.717) is 18.1 Å². The number of benzene rings is 1. The number of likely N-dealkylation sites (tertiary alicyclic amines) is 1. The highest BCUT2D eigenvalue weighted by molar-refractivity contribution is 7.82. The lowest BCUT2D eigenvalue weighted by atomic mass is 9.98. The Kier molecular flexibility index (Phi) is 4.58. The molecule has 0 saturated carbocycles. The number of piperidine rings is 1. The summed E-state index contributed by atoms with van der Waals surface area (Å²) in [7, 11) is 0. The third kappa shape index (κ3) is 4.00. The molecular weight excluding hydrogens is 334 g/mol. The second-order valence-electron chi connectivity index (χ2n) is 7.78. The van der Waals surface area contributed by atoms with Crippen molar-refractivity contribution in [1.82, 2.24) is 10.2 Å². The van der Waals surface area contributed by atoms with Crippen LogP contribution in [0, 0.1) is 6.92 Å².